The highest BCUT2D eigenvalue weighted by atomic mass is 19.4. The minimum Gasteiger partial charge on any atom is -0.379 e. The first-order valence-corrected chi connectivity index (χ1v) is 3.44. The maximum absolute atomic E-state index is 12.0. The Morgan fingerprint density at radius 3 is 2.54 bits per heavy atom. The third-order valence-electron chi connectivity index (χ3n) is 1.55. The second-order valence-corrected chi connectivity index (χ2v) is 2.51. The van der Waals surface area contributed by atoms with E-state index in [0.717, 1.165) is 12.5 Å². The molecule has 0 aromatic carbocycles. The third-order valence-corrected chi connectivity index (χ3v) is 1.55. The van der Waals surface area contributed by atoms with Crippen molar-refractivity contribution < 1.29 is 18.3 Å². The summed E-state index contributed by atoms with van der Waals surface area (Å²) in [4.78, 5) is 6.95. The largest absolute Gasteiger partial charge is 0.418 e. The summed E-state index contributed by atoms with van der Waals surface area (Å²) in [7, 11) is 0. The highest BCUT2D eigenvalue weighted by Crippen LogP contribution is 2.32. The summed E-state index contributed by atoms with van der Waals surface area (Å²) in [5.41, 5.74) is -0.185. The molecule has 1 aromatic rings. The molecule has 0 saturated carbocycles. The molecule has 1 rings (SSSR count). The third kappa shape index (κ3) is 2.15. The van der Waals surface area contributed by atoms with Crippen LogP contribution in [0, 0.1) is 6.92 Å². The summed E-state index contributed by atoms with van der Waals surface area (Å²) in [5.74, 6) is 0. The van der Waals surface area contributed by atoms with E-state index in [0.29, 0.717) is 0 Å². The Bertz CT molecular complexity index is 300. The Balaban J connectivity index is 3.02. The summed E-state index contributed by atoms with van der Waals surface area (Å²) in [6.07, 6.45) is -5.09. The maximum Gasteiger partial charge on any atom is 0.418 e. The number of aromatic nitrogens is 2. The fraction of sp³-hybridized carbons (Fsp3) is 0.429. The summed E-state index contributed by atoms with van der Waals surface area (Å²) >= 11 is 0. The zero-order valence-electron chi connectivity index (χ0n) is 6.71. The van der Waals surface area contributed by atoms with Gasteiger partial charge >= 0.3 is 6.18 Å². The molecule has 0 saturated heterocycles. The van der Waals surface area contributed by atoms with Gasteiger partial charge in [-0.2, -0.15) is 13.2 Å². The van der Waals surface area contributed by atoms with Gasteiger partial charge in [0, 0.05) is 17.5 Å². The van der Waals surface area contributed by atoms with Gasteiger partial charge in [-0.05, 0) is 6.92 Å². The molecule has 0 aliphatic carbocycles. The van der Waals surface area contributed by atoms with Crippen LogP contribution in [0.4, 0.5) is 13.2 Å². The van der Waals surface area contributed by atoms with Crippen LogP contribution in [0.15, 0.2) is 12.5 Å². The topological polar surface area (TPSA) is 46.0 Å². The smallest absolute Gasteiger partial charge is 0.379 e. The molecule has 0 bridgehead atoms. The zero-order chi connectivity index (χ0) is 10.1. The predicted molar refractivity (Wildman–Crippen MR) is 37.8 cm³/mol. The lowest BCUT2D eigenvalue weighted by Crippen LogP contribution is -2.21. The highest BCUT2D eigenvalue weighted by molar-refractivity contribution is 5.18. The van der Waals surface area contributed by atoms with Crippen molar-refractivity contribution >= 4 is 0 Å². The number of alkyl halides is 3. The van der Waals surface area contributed by atoms with E-state index in [9.17, 15) is 13.2 Å². The number of halogens is 3. The van der Waals surface area contributed by atoms with Gasteiger partial charge in [0.1, 0.15) is 6.33 Å². The number of aliphatic hydroxyl groups is 1. The number of aliphatic hydroxyl groups excluding tert-OH is 1. The molecule has 0 amide bonds. The van der Waals surface area contributed by atoms with Crippen LogP contribution in [-0.4, -0.2) is 21.3 Å². The Morgan fingerprint density at radius 1 is 1.46 bits per heavy atom. The van der Waals surface area contributed by atoms with Crippen molar-refractivity contribution in [1.29, 1.82) is 0 Å². The molecule has 0 fully saturated rings. The van der Waals surface area contributed by atoms with Crippen LogP contribution < -0.4 is 0 Å². The highest BCUT2D eigenvalue weighted by Gasteiger charge is 2.40. The van der Waals surface area contributed by atoms with Gasteiger partial charge in [-0.15, -0.1) is 0 Å². The van der Waals surface area contributed by atoms with Gasteiger partial charge in [0.25, 0.3) is 0 Å². The number of aryl methyl sites for hydroxylation is 1. The molecule has 1 atom stereocenters. The molecular weight excluding hydrogens is 185 g/mol. The second-order valence-electron chi connectivity index (χ2n) is 2.51. The van der Waals surface area contributed by atoms with Crippen molar-refractivity contribution in [2.45, 2.75) is 19.2 Å². The minimum atomic E-state index is -4.67. The summed E-state index contributed by atoms with van der Waals surface area (Å²) < 4.78 is 36.0. The molecule has 0 aliphatic heterocycles. The molecular formula is C7H7F3N2O. The molecule has 6 heteroatoms. The average molecular weight is 192 g/mol. The molecule has 3 nitrogen and oxygen atoms in total. The van der Waals surface area contributed by atoms with E-state index in [4.69, 9.17) is 5.11 Å². The molecule has 0 spiro atoms. The molecule has 72 valence electrons. The van der Waals surface area contributed by atoms with Gasteiger partial charge in [0.15, 0.2) is 6.10 Å². The van der Waals surface area contributed by atoms with E-state index in [1.807, 2.05) is 0 Å². The van der Waals surface area contributed by atoms with Crippen molar-refractivity contribution in [2.75, 3.05) is 0 Å². The van der Waals surface area contributed by atoms with Crippen LogP contribution in [0.1, 0.15) is 17.4 Å². The Hall–Kier alpha value is -1.17. The van der Waals surface area contributed by atoms with Crippen LogP contribution in [0.3, 0.4) is 0 Å². The summed E-state index contributed by atoms with van der Waals surface area (Å²) in [6.45, 7) is 1.38. The zero-order valence-corrected chi connectivity index (χ0v) is 6.71. The number of rotatable bonds is 1. The maximum atomic E-state index is 12.0. The van der Waals surface area contributed by atoms with Crippen molar-refractivity contribution in [1.82, 2.24) is 9.97 Å². The molecule has 0 aliphatic rings. The van der Waals surface area contributed by atoms with E-state index in [1.54, 1.807) is 0 Å². The van der Waals surface area contributed by atoms with Crippen molar-refractivity contribution in [3.8, 4) is 0 Å². The molecule has 1 aromatic heterocycles. The Labute approximate surface area is 72.3 Å². The first-order chi connectivity index (χ1) is 5.93. The van der Waals surface area contributed by atoms with Crippen molar-refractivity contribution in [2.24, 2.45) is 0 Å². The fourth-order valence-corrected chi connectivity index (χ4v) is 0.846. The normalized spacial score (nSPS) is 14.2. The van der Waals surface area contributed by atoms with Crippen LogP contribution in [0.2, 0.25) is 0 Å². The lowest BCUT2D eigenvalue weighted by Gasteiger charge is -2.15. The van der Waals surface area contributed by atoms with E-state index in [-0.39, 0.29) is 11.3 Å². The van der Waals surface area contributed by atoms with Gasteiger partial charge in [0.05, 0.1) is 0 Å². The number of nitrogens with zero attached hydrogens (tertiary/aromatic N) is 2. The Morgan fingerprint density at radius 2 is 2.08 bits per heavy atom. The van der Waals surface area contributed by atoms with Gasteiger partial charge in [0.2, 0.25) is 0 Å². The molecule has 13 heavy (non-hydrogen) atoms. The van der Waals surface area contributed by atoms with Gasteiger partial charge in [-0.1, -0.05) is 0 Å². The number of hydrogen-bond donors (Lipinski definition) is 1. The summed E-state index contributed by atoms with van der Waals surface area (Å²) in [5, 5.41) is 8.83. The number of hydrogen-bond acceptors (Lipinski definition) is 3. The van der Waals surface area contributed by atoms with Crippen LogP contribution >= 0.6 is 0 Å². The van der Waals surface area contributed by atoms with E-state index in [1.165, 1.54) is 6.92 Å². The molecule has 1 N–H and O–H groups in total. The van der Waals surface area contributed by atoms with Gasteiger partial charge < -0.3 is 5.11 Å². The SMILES string of the molecule is Cc1ncncc1[C@H](O)C(F)(F)F. The monoisotopic (exact) mass is 192 g/mol. The van der Waals surface area contributed by atoms with Gasteiger partial charge in [-0.25, -0.2) is 9.97 Å². The molecule has 0 radical (unpaired) electrons. The molecule has 1 heterocycles. The van der Waals surface area contributed by atoms with E-state index in [2.05, 4.69) is 9.97 Å². The second kappa shape index (κ2) is 3.29. The van der Waals surface area contributed by atoms with Crippen molar-refractivity contribution in [3.63, 3.8) is 0 Å². The standard InChI is InChI=1S/C7H7F3N2O/c1-4-5(2-11-3-12-4)6(13)7(8,9)10/h2-3,6,13H,1H3/t6-/m0/s1. The predicted octanol–water partition coefficient (Wildman–Crippen LogP) is 1.38. The van der Waals surface area contributed by atoms with Crippen LogP contribution in [0.5, 0.6) is 0 Å². The molecule has 0 unspecified atom stereocenters. The van der Waals surface area contributed by atoms with Crippen LogP contribution in [0.25, 0.3) is 0 Å². The minimum absolute atomic E-state index is 0.125. The lowest BCUT2D eigenvalue weighted by molar-refractivity contribution is -0.207. The lowest BCUT2D eigenvalue weighted by atomic mass is 10.1. The summed E-state index contributed by atoms with van der Waals surface area (Å²) in [6, 6.07) is 0. The van der Waals surface area contributed by atoms with Crippen molar-refractivity contribution in [3.05, 3.63) is 23.8 Å². The quantitative estimate of drug-likeness (QED) is 0.731. The van der Waals surface area contributed by atoms with Crippen LogP contribution in [-0.2, 0) is 0 Å². The van der Waals surface area contributed by atoms with E-state index < -0.39 is 12.3 Å². The fourth-order valence-electron chi connectivity index (χ4n) is 0.846. The first kappa shape index (κ1) is 9.91. The first-order valence-electron chi connectivity index (χ1n) is 3.44. The van der Waals surface area contributed by atoms with E-state index >= 15 is 0 Å². The van der Waals surface area contributed by atoms with Gasteiger partial charge in [-0.3, -0.25) is 0 Å². The Kier molecular flexibility index (Phi) is 2.51. The average Bonchev–Trinajstić information content (AvgIpc) is 2.02.